The van der Waals surface area contributed by atoms with Crippen LogP contribution in [0.15, 0.2) is 42.5 Å². The molecule has 0 heterocycles. The normalized spacial score (nSPS) is 11.8. The van der Waals surface area contributed by atoms with Crippen LogP contribution >= 0.6 is 23.4 Å². The van der Waals surface area contributed by atoms with Gasteiger partial charge in [0.1, 0.15) is 5.75 Å². The fourth-order valence-electron chi connectivity index (χ4n) is 2.47. The fourth-order valence-corrected chi connectivity index (χ4v) is 3.48. The summed E-state index contributed by atoms with van der Waals surface area (Å²) in [6.07, 6.45) is -0.515. The number of hydrogen-bond donors (Lipinski definition) is 1. The number of thioether (sulfide) groups is 1. The Morgan fingerprint density at radius 1 is 1.20 bits per heavy atom. The van der Waals surface area contributed by atoms with Gasteiger partial charge >= 0.3 is 0 Å². The van der Waals surface area contributed by atoms with Crippen molar-refractivity contribution in [3.05, 3.63) is 64.2 Å². The van der Waals surface area contributed by atoms with E-state index >= 15 is 0 Å². The maximum atomic E-state index is 12.1. The van der Waals surface area contributed by atoms with Gasteiger partial charge in [0.2, 0.25) is 0 Å². The van der Waals surface area contributed by atoms with Crippen molar-refractivity contribution in [2.45, 2.75) is 32.6 Å². The van der Waals surface area contributed by atoms with Crippen LogP contribution in [0.1, 0.15) is 23.6 Å². The number of rotatable bonds is 8. The molecule has 0 aliphatic carbocycles. The molecule has 0 bridgehead atoms. The Morgan fingerprint density at radius 3 is 2.60 bits per heavy atom. The van der Waals surface area contributed by atoms with E-state index < -0.39 is 6.10 Å². The van der Waals surface area contributed by atoms with Crippen LogP contribution in [0.3, 0.4) is 0 Å². The summed E-state index contributed by atoms with van der Waals surface area (Å²) in [6, 6.07) is 13.8. The number of carbonyl (C=O) groups is 1. The lowest BCUT2D eigenvalue weighted by molar-refractivity contribution is -0.127. The smallest absolute Gasteiger partial charge is 0.260 e. The van der Waals surface area contributed by atoms with Crippen molar-refractivity contribution in [2.24, 2.45) is 0 Å². The SMILES string of the molecule is Cc1cc(C)cc(O[C@@H](C)C(=O)NCCSCc2cccc(Cl)c2)c1. The van der Waals surface area contributed by atoms with Crippen LogP contribution in [-0.4, -0.2) is 24.3 Å². The van der Waals surface area contributed by atoms with Crippen LogP contribution in [0.4, 0.5) is 0 Å². The maximum absolute atomic E-state index is 12.1. The van der Waals surface area contributed by atoms with Gasteiger partial charge in [-0.05, 0) is 61.7 Å². The van der Waals surface area contributed by atoms with Crippen LogP contribution in [0.25, 0.3) is 0 Å². The number of amides is 1. The van der Waals surface area contributed by atoms with Crippen LogP contribution in [-0.2, 0) is 10.5 Å². The Hall–Kier alpha value is -1.65. The van der Waals surface area contributed by atoms with Gasteiger partial charge in [-0.1, -0.05) is 29.8 Å². The highest BCUT2D eigenvalue weighted by molar-refractivity contribution is 7.98. The molecule has 0 fully saturated rings. The molecule has 0 aliphatic rings. The van der Waals surface area contributed by atoms with E-state index in [1.54, 1.807) is 18.7 Å². The molecule has 1 atom stereocenters. The standard InChI is InChI=1S/C20H24ClNO2S/c1-14-9-15(2)11-19(10-14)24-16(3)20(23)22-7-8-25-13-17-5-4-6-18(21)12-17/h4-6,9-12,16H,7-8,13H2,1-3H3,(H,22,23)/t16-/m0/s1. The van der Waals surface area contributed by atoms with Gasteiger partial charge in [-0.3, -0.25) is 4.79 Å². The average Bonchev–Trinajstić information content (AvgIpc) is 2.53. The van der Waals surface area contributed by atoms with Crippen molar-refractivity contribution < 1.29 is 9.53 Å². The van der Waals surface area contributed by atoms with E-state index in [0.29, 0.717) is 6.54 Å². The van der Waals surface area contributed by atoms with Crippen molar-refractivity contribution in [3.63, 3.8) is 0 Å². The van der Waals surface area contributed by atoms with Crippen LogP contribution in [0, 0.1) is 13.8 Å². The zero-order chi connectivity index (χ0) is 18.2. The number of carbonyl (C=O) groups excluding carboxylic acids is 1. The van der Waals surface area contributed by atoms with E-state index in [4.69, 9.17) is 16.3 Å². The Labute approximate surface area is 159 Å². The Kier molecular flexibility index (Phi) is 7.66. The van der Waals surface area contributed by atoms with E-state index in [9.17, 15) is 4.79 Å². The molecule has 1 amide bonds. The van der Waals surface area contributed by atoms with Crippen molar-refractivity contribution in [1.29, 1.82) is 0 Å². The molecular formula is C20H24ClNO2S. The van der Waals surface area contributed by atoms with Gasteiger partial charge in [0, 0.05) is 23.1 Å². The second-order valence-corrected chi connectivity index (χ2v) is 7.60. The first kappa shape index (κ1) is 19.7. The molecule has 0 saturated carbocycles. The van der Waals surface area contributed by atoms with E-state index in [-0.39, 0.29) is 5.91 Å². The summed E-state index contributed by atoms with van der Waals surface area (Å²) in [4.78, 5) is 12.1. The zero-order valence-corrected chi connectivity index (χ0v) is 16.4. The molecule has 0 saturated heterocycles. The van der Waals surface area contributed by atoms with E-state index in [1.807, 2.05) is 44.2 Å². The molecule has 2 aromatic carbocycles. The Morgan fingerprint density at radius 2 is 1.92 bits per heavy atom. The second kappa shape index (κ2) is 9.73. The number of halogens is 1. The summed E-state index contributed by atoms with van der Waals surface area (Å²) in [5.74, 6) is 2.36. The van der Waals surface area contributed by atoms with Crippen LogP contribution < -0.4 is 10.1 Å². The molecule has 0 aliphatic heterocycles. The van der Waals surface area contributed by atoms with Crippen molar-refractivity contribution in [2.75, 3.05) is 12.3 Å². The quantitative estimate of drug-likeness (QED) is 0.673. The van der Waals surface area contributed by atoms with Gasteiger partial charge in [-0.2, -0.15) is 11.8 Å². The van der Waals surface area contributed by atoms with Gasteiger partial charge in [-0.15, -0.1) is 0 Å². The first-order valence-corrected chi connectivity index (χ1v) is 9.82. The highest BCUT2D eigenvalue weighted by Crippen LogP contribution is 2.18. The van der Waals surface area contributed by atoms with E-state index in [2.05, 4.69) is 17.4 Å². The third-order valence-corrected chi connectivity index (χ3v) is 4.85. The van der Waals surface area contributed by atoms with Gasteiger partial charge < -0.3 is 10.1 Å². The predicted octanol–water partition coefficient (Wildman–Crippen LogP) is 4.77. The number of benzene rings is 2. The lowest BCUT2D eigenvalue weighted by Crippen LogP contribution is -2.37. The molecule has 3 nitrogen and oxygen atoms in total. The summed E-state index contributed by atoms with van der Waals surface area (Å²) in [6.45, 7) is 6.42. The van der Waals surface area contributed by atoms with Crippen molar-refractivity contribution >= 4 is 29.3 Å². The summed E-state index contributed by atoms with van der Waals surface area (Å²) < 4.78 is 5.74. The first-order chi connectivity index (χ1) is 11.9. The molecule has 2 aromatic rings. The predicted molar refractivity (Wildman–Crippen MR) is 107 cm³/mol. The van der Waals surface area contributed by atoms with Gasteiger partial charge in [-0.25, -0.2) is 0 Å². The third-order valence-electron chi connectivity index (χ3n) is 3.58. The van der Waals surface area contributed by atoms with E-state index in [0.717, 1.165) is 33.4 Å². The molecule has 0 aromatic heterocycles. The summed E-state index contributed by atoms with van der Waals surface area (Å²) in [5, 5.41) is 3.67. The van der Waals surface area contributed by atoms with E-state index in [1.165, 1.54) is 5.56 Å². The number of hydrogen-bond acceptors (Lipinski definition) is 3. The highest BCUT2D eigenvalue weighted by atomic mass is 35.5. The molecule has 5 heteroatoms. The summed E-state index contributed by atoms with van der Waals surface area (Å²) in [7, 11) is 0. The largest absolute Gasteiger partial charge is 0.481 e. The zero-order valence-electron chi connectivity index (χ0n) is 14.8. The number of nitrogens with one attached hydrogen (secondary N) is 1. The lowest BCUT2D eigenvalue weighted by Gasteiger charge is -2.15. The third kappa shape index (κ3) is 7.00. The summed E-state index contributed by atoms with van der Waals surface area (Å²) in [5.41, 5.74) is 3.44. The average molecular weight is 378 g/mol. The molecule has 2 rings (SSSR count). The lowest BCUT2D eigenvalue weighted by atomic mass is 10.1. The minimum Gasteiger partial charge on any atom is -0.481 e. The Bertz CT molecular complexity index is 700. The van der Waals surface area contributed by atoms with Crippen molar-refractivity contribution in [1.82, 2.24) is 5.32 Å². The number of aryl methyl sites for hydroxylation is 2. The molecule has 134 valence electrons. The monoisotopic (exact) mass is 377 g/mol. The van der Waals surface area contributed by atoms with Crippen molar-refractivity contribution in [3.8, 4) is 5.75 Å². The minimum atomic E-state index is -0.515. The first-order valence-electron chi connectivity index (χ1n) is 8.29. The molecule has 0 unspecified atom stereocenters. The fraction of sp³-hybridized carbons (Fsp3) is 0.350. The number of ether oxygens (including phenoxy) is 1. The molecule has 0 spiro atoms. The minimum absolute atomic E-state index is 0.0949. The van der Waals surface area contributed by atoms with Gasteiger partial charge in [0.05, 0.1) is 0 Å². The molecular weight excluding hydrogens is 354 g/mol. The maximum Gasteiger partial charge on any atom is 0.260 e. The van der Waals surface area contributed by atoms with Crippen LogP contribution in [0.5, 0.6) is 5.75 Å². The Balaban J connectivity index is 1.69. The van der Waals surface area contributed by atoms with Gasteiger partial charge in [0.25, 0.3) is 5.91 Å². The topological polar surface area (TPSA) is 38.3 Å². The summed E-state index contributed by atoms with van der Waals surface area (Å²) >= 11 is 7.73. The molecule has 0 radical (unpaired) electrons. The highest BCUT2D eigenvalue weighted by Gasteiger charge is 2.14. The second-order valence-electron chi connectivity index (χ2n) is 6.06. The van der Waals surface area contributed by atoms with Crippen LogP contribution in [0.2, 0.25) is 5.02 Å². The molecule has 25 heavy (non-hydrogen) atoms. The van der Waals surface area contributed by atoms with Gasteiger partial charge in [0.15, 0.2) is 6.10 Å². The molecule has 1 N–H and O–H groups in total.